The summed E-state index contributed by atoms with van der Waals surface area (Å²) in [5.74, 6) is -2.12. The molecule has 0 radical (unpaired) electrons. The third-order valence-electron chi connectivity index (χ3n) is 8.03. The largest absolute Gasteiger partial charge is 0.321 e. The van der Waals surface area contributed by atoms with Crippen molar-refractivity contribution >= 4 is 69.2 Å². The predicted octanol–water partition coefficient (Wildman–Crippen LogP) is 8.11. The zero-order valence-corrected chi connectivity index (χ0v) is 29.5. The molecule has 0 aliphatic carbocycles. The van der Waals surface area contributed by atoms with E-state index in [0.29, 0.717) is 33.3 Å². The number of thiophene rings is 1. The van der Waals surface area contributed by atoms with Gasteiger partial charge in [-0.2, -0.15) is 5.26 Å². The van der Waals surface area contributed by atoms with Crippen molar-refractivity contribution in [3.8, 4) is 6.07 Å². The van der Waals surface area contributed by atoms with Crippen molar-refractivity contribution < 1.29 is 18.8 Å². The maximum Gasteiger partial charge on any atom is 0.272 e. The molecular formula is C39H31ClFN5O3S2. The van der Waals surface area contributed by atoms with Crippen molar-refractivity contribution in [2.45, 2.75) is 24.4 Å². The van der Waals surface area contributed by atoms with Crippen molar-refractivity contribution in [3.05, 3.63) is 152 Å². The summed E-state index contributed by atoms with van der Waals surface area (Å²) in [5.41, 5.74) is 3.18. The quantitative estimate of drug-likeness (QED) is 0.0933. The number of nitrogens with zero attached hydrogens (tertiary/aromatic N) is 2. The first kappa shape index (κ1) is 35.6. The van der Waals surface area contributed by atoms with Crippen LogP contribution in [0.2, 0.25) is 5.02 Å². The highest BCUT2D eigenvalue weighted by Gasteiger charge is 2.25. The fourth-order valence-electron chi connectivity index (χ4n) is 5.55. The monoisotopic (exact) mass is 735 g/mol. The lowest BCUT2D eigenvalue weighted by Crippen LogP contribution is -2.30. The number of carbonyl (C=O) groups excluding carboxylic acids is 3. The van der Waals surface area contributed by atoms with E-state index >= 15 is 0 Å². The van der Waals surface area contributed by atoms with Gasteiger partial charge in [-0.25, -0.2) is 4.39 Å². The molecule has 256 valence electrons. The average Bonchev–Trinajstić information content (AvgIpc) is 3.48. The van der Waals surface area contributed by atoms with Gasteiger partial charge in [-0.1, -0.05) is 72.3 Å². The van der Waals surface area contributed by atoms with E-state index in [1.165, 1.54) is 52.9 Å². The molecule has 51 heavy (non-hydrogen) atoms. The molecule has 0 fully saturated rings. The van der Waals surface area contributed by atoms with E-state index in [1.54, 1.807) is 54.6 Å². The maximum absolute atomic E-state index is 14.7. The van der Waals surface area contributed by atoms with Crippen molar-refractivity contribution in [3.63, 3.8) is 0 Å². The lowest BCUT2D eigenvalue weighted by atomic mass is 10.0. The van der Waals surface area contributed by atoms with Crippen LogP contribution in [0.15, 0.2) is 114 Å². The van der Waals surface area contributed by atoms with Crippen LogP contribution in [-0.4, -0.2) is 34.9 Å². The van der Waals surface area contributed by atoms with Gasteiger partial charge in [0.15, 0.2) is 0 Å². The molecule has 6 rings (SSSR count). The number of benzene rings is 4. The molecule has 2 heterocycles. The molecule has 5 aromatic rings. The Morgan fingerprint density at radius 3 is 2.45 bits per heavy atom. The Morgan fingerprint density at radius 1 is 0.961 bits per heavy atom. The number of hydrogen-bond acceptors (Lipinski definition) is 7. The van der Waals surface area contributed by atoms with Crippen LogP contribution >= 0.6 is 34.7 Å². The number of amides is 3. The Hall–Kier alpha value is -5.25. The van der Waals surface area contributed by atoms with Crippen LogP contribution < -0.4 is 16.0 Å². The molecule has 12 heteroatoms. The molecule has 1 aliphatic heterocycles. The number of halogens is 2. The lowest BCUT2D eigenvalue weighted by molar-refractivity contribution is -0.114. The molecule has 3 amide bonds. The molecule has 0 bridgehead atoms. The minimum absolute atomic E-state index is 0.0522. The number of carbonyl (C=O) groups is 3. The summed E-state index contributed by atoms with van der Waals surface area (Å²) in [6.45, 7) is 2.36. The number of nitriles is 1. The summed E-state index contributed by atoms with van der Waals surface area (Å²) in [5, 5.41) is 18.8. The van der Waals surface area contributed by atoms with Crippen LogP contribution in [0.3, 0.4) is 0 Å². The topological polar surface area (TPSA) is 114 Å². The minimum atomic E-state index is -0.702. The standard InChI is InChI=1S/C39H31ClFN5O3S2/c40-32-15-8-16-33(41)30(32)20-34(44-37(48)26-11-5-2-6-12-26)38(49)43-27-13-7-14-28(19-27)50-24-36(47)45-39-31(21-42)29-17-18-46(23-35(29)51-39)22-25-9-3-1-4-10-25/h1-16,19-20H,17-18,22-24H2,(H,43,49)(H,44,48)(H,45,47)/b34-20+. The second-order valence-corrected chi connectivity index (χ2v) is 14.2. The van der Waals surface area contributed by atoms with Crippen molar-refractivity contribution in [1.29, 1.82) is 5.26 Å². The smallest absolute Gasteiger partial charge is 0.272 e. The first-order chi connectivity index (χ1) is 24.8. The Kier molecular flexibility index (Phi) is 11.6. The summed E-state index contributed by atoms with van der Waals surface area (Å²) in [6, 6.07) is 31.8. The highest BCUT2D eigenvalue weighted by atomic mass is 35.5. The van der Waals surface area contributed by atoms with Gasteiger partial charge in [0.05, 0.1) is 16.3 Å². The van der Waals surface area contributed by atoms with E-state index in [-0.39, 0.29) is 27.9 Å². The van der Waals surface area contributed by atoms with Crippen LogP contribution in [0, 0.1) is 17.1 Å². The van der Waals surface area contributed by atoms with Gasteiger partial charge in [0.25, 0.3) is 11.8 Å². The molecule has 4 aromatic carbocycles. The number of hydrogen-bond donors (Lipinski definition) is 3. The number of fused-ring (bicyclic) bond motifs is 1. The van der Waals surface area contributed by atoms with E-state index < -0.39 is 17.6 Å². The van der Waals surface area contributed by atoms with Gasteiger partial charge in [0, 0.05) is 46.2 Å². The molecule has 3 N–H and O–H groups in total. The maximum atomic E-state index is 14.7. The van der Waals surface area contributed by atoms with Crippen LogP contribution in [0.1, 0.15) is 37.5 Å². The first-order valence-corrected chi connectivity index (χ1v) is 18.1. The molecule has 0 unspecified atom stereocenters. The van der Waals surface area contributed by atoms with E-state index in [2.05, 4.69) is 39.1 Å². The van der Waals surface area contributed by atoms with Gasteiger partial charge in [0.2, 0.25) is 5.91 Å². The van der Waals surface area contributed by atoms with Crippen LogP contribution in [-0.2, 0) is 29.1 Å². The molecule has 8 nitrogen and oxygen atoms in total. The lowest BCUT2D eigenvalue weighted by Gasteiger charge is -2.26. The zero-order valence-electron chi connectivity index (χ0n) is 27.1. The molecule has 0 atom stereocenters. The second kappa shape index (κ2) is 16.6. The highest BCUT2D eigenvalue weighted by Crippen LogP contribution is 2.37. The molecule has 0 saturated carbocycles. The van der Waals surface area contributed by atoms with Gasteiger partial charge < -0.3 is 16.0 Å². The summed E-state index contributed by atoms with van der Waals surface area (Å²) < 4.78 is 14.7. The van der Waals surface area contributed by atoms with Crippen molar-refractivity contribution in [2.75, 3.05) is 22.9 Å². The minimum Gasteiger partial charge on any atom is -0.321 e. The third-order valence-corrected chi connectivity index (χ3v) is 10.5. The molecule has 0 saturated heterocycles. The average molecular weight is 736 g/mol. The number of thioether (sulfide) groups is 1. The Morgan fingerprint density at radius 2 is 1.71 bits per heavy atom. The first-order valence-electron chi connectivity index (χ1n) is 15.9. The predicted molar refractivity (Wildman–Crippen MR) is 201 cm³/mol. The molecular weight excluding hydrogens is 705 g/mol. The second-order valence-electron chi connectivity index (χ2n) is 11.6. The van der Waals surface area contributed by atoms with Crippen LogP contribution in [0.4, 0.5) is 15.1 Å². The van der Waals surface area contributed by atoms with Crippen molar-refractivity contribution in [2.24, 2.45) is 0 Å². The van der Waals surface area contributed by atoms with Gasteiger partial charge >= 0.3 is 0 Å². The fraction of sp³-hybridized carbons (Fsp3) is 0.128. The summed E-state index contributed by atoms with van der Waals surface area (Å²) in [4.78, 5) is 43.6. The molecule has 1 aromatic heterocycles. The van der Waals surface area contributed by atoms with E-state index in [0.717, 1.165) is 30.0 Å². The van der Waals surface area contributed by atoms with E-state index in [4.69, 9.17) is 11.6 Å². The molecule has 0 spiro atoms. The Labute approximate surface area is 307 Å². The summed E-state index contributed by atoms with van der Waals surface area (Å²) >= 11 is 8.93. The number of anilines is 2. The summed E-state index contributed by atoms with van der Waals surface area (Å²) in [7, 11) is 0. The zero-order chi connectivity index (χ0) is 35.7. The Balaban J connectivity index is 1.10. The SMILES string of the molecule is N#Cc1c(NC(=O)CSc2cccc(NC(=O)/C(=C\c3c(F)cccc3Cl)NC(=O)c3ccccc3)c2)sc2c1CCN(Cc1ccccc1)C2. The number of nitrogens with one attached hydrogen (secondary N) is 3. The summed E-state index contributed by atoms with van der Waals surface area (Å²) in [6.07, 6.45) is 1.93. The number of rotatable bonds is 11. The van der Waals surface area contributed by atoms with Crippen LogP contribution in [0.25, 0.3) is 6.08 Å². The van der Waals surface area contributed by atoms with Gasteiger partial charge in [0.1, 0.15) is 22.6 Å². The van der Waals surface area contributed by atoms with Gasteiger partial charge in [-0.05, 0) is 66.1 Å². The van der Waals surface area contributed by atoms with E-state index in [1.807, 2.05) is 18.2 Å². The highest BCUT2D eigenvalue weighted by molar-refractivity contribution is 8.00. The van der Waals surface area contributed by atoms with Crippen LogP contribution in [0.5, 0.6) is 0 Å². The van der Waals surface area contributed by atoms with Crippen molar-refractivity contribution in [1.82, 2.24) is 10.2 Å². The van der Waals surface area contributed by atoms with Gasteiger partial charge in [-0.3, -0.25) is 19.3 Å². The van der Waals surface area contributed by atoms with Gasteiger partial charge in [-0.15, -0.1) is 23.1 Å². The Bertz CT molecular complexity index is 2130. The van der Waals surface area contributed by atoms with E-state index in [9.17, 15) is 24.0 Å². The molecule has 1 aliphatic rings. The normalized spacial score (nSPS) is 12.8. The third kappa shape index (κ3) is 9.11. The fourth-order valence-corrected chi connectivity index (χ4v) is 7.78.